The Kier molecular flexibility index (Phi) is 6.02. The van der Waals surface area contributed by atoms with Gasteiger partial charge in [-0.15, -0.1) is 0 Å². The molecule has 0 bridgehead atoms. The molecule has 0 fully saturated rings. The van der Waals surface area contributed by atoms with Crippen molar-refractivity contribution < 1.29 is 8.83 Å². The molecule has 4 heterocycles. The Hall–Kier alpha value is -7.30. The van der Waals surface area contributed by atoms with Crippen LogP contribution in [-0.4, -0.2) is 9.13 Å². The maximum Gasteiger partial charge on any atom is 0.213 e. The largest absolute Gasteiger partial charge is 0.456 e. The molecule has 0 spiro atoms. The Labute approximate surface area is 309 Å². The van der Waals surface area contributed by atoms with Gasteiger partial charge in [-0.3, -0.25) is 4.57 Å². The quantitative estimate of drug-likeness (QED) is 0.184. The number of rotatable bonds is 4. The normalized spacial score (nSPS) is 12.1. The van der Waals surface area contributed by atoms with Crippen LogP contribution in [-0.2, 0) is 0 Å². The molecule has 0 radical (unpaired) electrons. The number of benzene rings is 8. The van der Waals surface area contributed by atoms with Gasteiger partial charge in [0, 0.05) is 43.7 Å². The summed E-state index contributed by atoms with van der Waals surface area (Å²) in [6.45, 7) is 0. The smallest absolute Gasteiger partial charge is 0.213 e. The number of furan rings is 2. The van der Waals surface area contributed by atoms with Crippen LogP contribution in [0.25, 0.3) is 110 Å². The van der Waals surface area contributed by atoms with Gasteiger partial charge in [-0.1, -0.05) is 97.1 Å². The molecule has 252 valence electrons. The number of fused-ring (bicyclic) bond motifs is 11. The van der Waals surface area contributed by atoms with Crippen LogP contribution in [0.5, 0.6) is 0 Å². The maximum atomic E-state index is 6.65. The molecule has 4 heteroatoms. The van der Waals surface area contributed by atoms with Gasteiger partial charge >= 0.3 is 0 Å². The summed E-state index contributed by atoms with van der Waals surface area (Å²) in [5, 5.41) is 8.13. The van der Waals surface area contributed by atoms with Crippen LogP contribution < -0.4 is 0 Å². The van der Waals surface area contributed by atoms with E-state index in [-0.39, 0.29) is 0 Å². The van der Waals surface area contributed by atoms with E-state index in [4.69, 9.17) is 8.83 Å². The first-order valence-corrected chi connectivity index (χ1v) is 18.3. The molecule has 0 unspecified atom stereocenters. The lowest BCUT2D eigenvalue weighted by Crippen LogP contribution is -1.93. The predicted octanol–water partition coefficient (Wildman–Crippen LogP) is 13.9. The number of para-hydroxylation sites is 4. The first-order valence-electron chi connectivity index (χ1n) is 18.3. The van der Waals surface area contributed by atoms with E-state index in [1.54, 1.807) is 0 Å². The van der Waals surface area contributed by atoms with Crippen molar-refractivity contribution in [2.24, 2.45) is 0 Å². The van der Waals surface area contributed by atoms with E-state index in [9.17, 15) is 0 Å². The maximum absolute atomic E-state index is 6.65. The average Bonchev–Trinajstić information content (AvgIpc) is 3.97. The van der Waals surface area contributed by atoms with Gasteiger partial charge in [0.25, 0.3) is 0 Å². The van der Waals surface area contributed by atoms with E-state index in [0.717, 1.165) is 77.6 Å². The zero-order valence-electron chi connectivity index (χ0n) is 29.0. The fourth-order valence-corrected chi connectivity index (χ4v) is 8.65. The molecular formula is C50H30N2O2. The second-order valence-corrected chi connectivity index (χ2v) is 14.1. The lowest BCUT2D eigenvalue weighted by molar-refractivity contribution is 0.645. The lowest BCUT2D eigenvalue weighted by Gasteiger charge is -2.08. The van der Waals surface area contributed by atoms with Crippen LogP contribution in [0.3, 0.4) is 0 Å². The molecule has 0 aliphatic heterocycles. The van der Waals surface area contributed by atoms with Crippen molar-refractivity contribution in [1.82, 2.24) is 9.13 Å². The molecule has 0 saturated heterocycles. The molecule has 4 aromatic heterocycles. The third-order valence-electron chi connectivity index (χ3n) is 11.1. The molecule has 0 amide bonds. The van der Waals surface area contributed by atoms with Crippen LogP contribution in [0.1, 0.15) is 0 Å². The number of nitrogens with zero attached hydrogens (tertiary/aromatic N) is 2. The van der Waals surface area contributed by atoms with Gasteiger partial charge in [0.1, 0.15) is 16.7 Å². The highest BCUT2D eigenvalue weighted by Crippen LogP contribution is 2.42. The highest BCUT2D eigenvalue weighted by Gasteiger charge is 2.20. The van der Waals surface area contributed by atoms with Gasteiger partial charge in [0.2, 0.25) is 5.71 Å². The van der Waals surface area contributed by atoms with Crippen molar-refractivity contribution in [2.45, 2.75) is 0 Å². The molecular weight excluding hydrogens is 661 g/mol. The first kappa shape index (κ1) is 29.3. The van der Waals surface area contributed by atoms with Crippen molar-refractivity contribution in [1.29, 1.82) is 0 Å². The average molecular weight is 691 g/mol. The fourth-order valence-electron chi connectivity index (χ4n) is 8.65. The van der Waals surface area contributed by atoms with Gasteiger partial charge < -0.3 is 13.4 Å². The monoisotopic (exact) mass is 690 g/mol. The highest BCUT2D eigenvalue weighted by atomic mass is 16.3. The standard InChI is InChI=1S/C50H30N2O2/c1-3-11-35(12-4-1)51-44-23-19-31(33-21-25-47-41(29-33)37-15-8-10-18-46(37)53-47)27-39(44)40-28-32(20-24-45(40)51)34-22-26-48-42(30-34)49-38-16-7-9-17-43(38)52(50(49)54-48)36-13-5-2-6-14-36/h1-30H. The van der Waals surface area contributed by atoms with Crippen LogP contribution in [0.15, 0.2) is 191 Å². The Balaban J connectivity index is 1.07. The molecule has 12 rings (SSSR count). The number of hydrogen-bond donors (Lipinski definition) is 0. The summed E-state index contributed by atoms with van der Waals surface area (Å²) in [4.78, 5) is 0. The Morgan fingerprint density at radius 1 is 0.296 bits per heavy atom. The minimum absolute atomic E-state index is 0.866. The van der Waals surface area contributed by atoms with Crippen molar-refractivity contribution in [3.05, 3.63) is 182 Å². The SMILES string of the molecule is c1ccc(-n2c3ccc(-c4ccc5oc6ccccc6c5c4)cc3c3cc(-c4ccc5oc6c(c5c4)c4ccccc4n6-c4ccccc4)ccc32)cc1. The predicted molar refractivity (Wildman–Crippen MR) is 223 cm³/mol. The molecule has 0 atom stereocenters. The van der Waals surface area contributed by atoms with Gasteiger partial charge in [0.15, 0.2) is 0 Å². The van der Waals surface area contributed by atoms with E-state index in [1.807, 2.05) is 18.2 Å². The van der Waals surface area contributed by atoms with E-state index in [1.165, 1.54) is 32.8 Å². The molecule has 0 aliphatic carbocycles. The van der Waals surface area contributed by atoms with Gasteiger partial charge in [-0.05, 0) is 107 Å². The number of aromatic nitrogens is 2. The summed E-state index contributed by atoms with van der Waals surface area (Å²) in [5.41, 5.74) is 13.9. The topological polar surface area (TPSA) is 36.1 Å². The van der Waals surface area contributed by atoms with Crippen molar-refractivity contribution >= 4 is 76.7 Å². The zero-order chi connectivity index (χ0) is 35.3. The van der Waals surface area contributed by atoms with Gasteiger partial charge in [-0.25, -0.2) is 0 Å². The summed E-state index contributed by atoms with van der Waals surface area (Å²) < 4.78 is 17.4. The number of hydrogen-bond acceptors (Lipinski definition) is 2. The van der Waals surface area contributed by atoms with E-state index < -0.39 is 0 Å². The summed E-state index contributed by atoms with van der Waals surface area (Å²) in [6, 6.07) is 64.9. The minimum atomic E-state index is 0.866. The van der Waals surface area contributed by atoms with Crippen LogP contribution in [0, 0.1) is 0 Å². The minimum Gasteiger partial charge on any atom is -0.456 e. The zero-order valence-corrected chi connectivity index (χ0v) is 29.0. The van der Waals surface area contributed by atoms with Crippen molar-refractivity contribution in [3.63, 3.8) is 0 Å². The first-order chi connectivity index (χ1) is 26.8. The fraction of sp³-hybridized carbons (Fsp3) is 0. The lowest BCUT2D eigenvalue weighted by atomic mass is 9.98. The molecule has 0 aliphatic rings. The Morgan fingerprint density at radius 3 is 1.43 bits per heavy atom. The second kappa shape index (κ2) is 11.1. The third kappa shape index (κ3) is 4.19. The van der Waals surface area contributed by atoms with Crippen molar-refractivity contribution in [2.75, 3.05) is 0 Å². The molecule has 4 nitrogen and oxygen atoms in total. The molecule has 0 saturated carbocycles. The van der Waals surface area contributed by atoms with Crippen LogP contribution >= 0.6 is 0 Å². The summed E-state index contributed by atoms with van der Waals surface area (Å²) in [7, 11) is 0. The Morgan fingerprint density at radius 2 is 0.759 bits per heavy atom. The highest BCUT2D eigenvalue weighted by molar-refractivity contribution is 6.20. The van der Waals surface area contributed by atoms with E-state index in [2.05, 4.69) is 173 Å². The van der Waals surface area contributed by atoms with Crippen LogP contribution in [0.2, 0.25) is 0 Å². The molecule has 0 N–H and O–H groups in total. The Bertz CT molecular complexity index is 3430. The summed E-state index contributed by atoms with van der Waals surface area (Å²) in [6.07, 6.45) is 0. The van der Waals surface area contributed by atoms with E-state index in [0.29, 0.717) is 0 Å². The molecule has 54 heavy (non-hydrogen) atoms. The third-order valence-corrected chi connectivity index (χ3v) is 11.1. The van der Waals surface area contributed by atoms with Crippen molar-refractivity contribution in [3.8, 4) is 33.6 Å². The van der Waals surface area contributed by atoms with Gasteiger partial charge in [-0.2, -0.15) is 0 Å². The summed E-state index contributed by atoms with van der Waals surface area (Å²) in [5.74, 6) is 0. The molecule has 12 aromatic rings. The van der Waals surface area contributed by atoms with Gasteiger partial charge in [0.05, 0.1) is 21.9 Å². The second-order valence-electron chi connectivity index (χ2n) is 14.1. The molecule has 8 aromatic carbocycles. The van der Waals surface area contributed by atoms with Crippen LogP contribution in [0.4, 0.5) is 0 Å². The van der Waals surface area contributed by atoms with E-state index >= 15 is 0 Å². The summed E-state index contributed by atoms with van der Waals surface area (Å²) >= 11 is 0.